The molecule has 0 unspecified atom stereocenters. The van der Waals surface area contributed by atoms with Crippen LogP contribution < -0.4 is 0 Å². The van der Waals surface area contributed by atoms with E-state index in [0.29, 0.717) is 18.9 Å². The molecule has 0 saturated heterocycles. The molecule has 0 aliphatic rings. The summed E-state index contributed by atoms with van der Waals surface area (Å²) in [6.07, 6.45) is 2.41. The van der Waals surface area contributed by atoms with E-state index in [-0.39, 0.29) is 11.5 Å². The Balaban J connectivity index is 4.11. The zero-order chi connectivity index (χ0) is 11.2. The Bertz CT molecular complexity index is 209. The molecule has 0 aliphatic carbocycles. The van der Waals surface area contributed by atoms with Gasteiger partial charge in [-0.3, -0.25) is 0 Å². The van der Waals surface area contributed by atoms with Crippen LogP contribution in [0.25, 0.3) is 0 Å². The van der Waals surface area contributed by atoms with Gasteiger partial charge in [0.1, 0.15) is 0 Å². The second kappa shape index (κ2) is 5.82. The van der Waals surface area contributed by atoms with E-state index in [4.69, 9.17) is 10.00 Å². The molecule has 0 spiro atoms. The van der Waals surface area contributed by atoms with Gasteiger partial charge in [-0.15, -0.1) is 6.58 Å². The number of ether oxygens (including phenoxy) is 1. The molecule has 0 aromatic rings. The lowest BCUT2D eigenvalue weighted by Crippen LogP contribution is -2.25. The molecule has 0 aromatic heterocycles. The first-order chi connectivity index (χ1) is 6.40. The van der Waals surface area contributed by atoms with Gasteiger partial charge in [0.2, 0.25) is 0 Å². The zero-order valence-corrected chi connectivity index (χ0v) is 9.71. The molecule has 0 amide bonds. The minimum atomic E-state index is -0.130. The highest BCUT2D eigenvalue weighted by molar-refractivity contribution is 4.87. The van der Waals surface area contributed by atoms with Crippen molar-refractivity contribution in [2.24, 2.45) is 11.8 Å². The van der Waals surface area contributed by atoms with E-state index in [1.165, 1.54) is 0 Å². The van der Waals surface area contributed by atoms with Crippen LogP contribution in [0, 0.1) is 23.2 Å². The maximum absolute atomic E-state index is 8.67. The van der Waals surface area contributed by atoms with Crippen LogP contribution in [0.4, 0.5) is 0 Å². The predicted octanol–water partition coefficient (Wildman–Crippen LogP) is 3.15. The highest BCUT2D eigenvalue weighted by Crippen LogP contribution is 2.19. The fraction of sp³-hybridized carbons (Fsp3) is 0.750. The van der Waals surface area contributed by atoms with Gasteiger partial charge in [0, 0.05) is 12.3 Å². The maximum Gasteiger partial charge on any atom is 0.0625 e. The minimum absolute atomic E-state index is 0.130. The summed E-state index contributed by atoms with van der Waals surface area (Å²) in [4.78, 5) is 0. The topological polar surface area (TPSA) is 33.0 Å². The molecule has 0 aromatic carbocycles. The molecule has 0 radical (unpaired) electrons. The normalized spacial score (nSPS) is 15.6. The summed E-state index contributed by atoms with van der Waals surface area (Å²) in [5, 5.41) is 8.67. The van der Waals surface area contributed by atoms with E-state index in [1.807, 2.05) is 26.8 Å². The summed E-state index contributed by atoms with van der Waals surface area (Å²) >= 11 is 0. The first-order valence-corrected chi connectivity index (χ1v) is 5.04. The molecule has 0 bridgehead atoms. The molecule has 0 N–H and O–H groups in total. The fourth-order valence-electron chi connectivity index (χ4n) is 1.06. The van der Waals surface area contributed by atoms with E-state index in [1.54, 1.807) is 0 Å². The molecular formula is C12H21NO. The van der Waals surface area contributed by atoms with Crippen LogP contribution in [0.1, 0.15) is 34.1 Å². The van der Waals surface area contributed by atoms with E-state index in [2.05, 4.69) is 19.6 Å². The molecule has 0 fully saturated rings. The third kappa shape index (κ3) is 5.77. The van der Waals surface area contributed by atoms with Gasteiger partial charge in [-0.25, -0.2) is 0 Å². The van der Waals surface area contributed by atoms with Gasteiger partial charge in [-0.05, 0) is 26.7 Å². The van der Waals surface area contributed by atoms with Crippen molar-refractivity contribution in [2.75, 3.05) is 6.61 Å². The summed E-state index contributed by atoms with van der Waals surface area (Å²) in [7, 11) is 0. The maximum atomic E-state index is 8.67. The number of rotatable bonds is 5. The Morgan fingerprint density at radius 2 is 2.07 bits per heavy atom. The van der Waals surface area contributed by atoms with Crippen LogP contribution in [0.15, 0.2) is 12.7 Å². The van der Waals surface area contributed by atoms with Crippen molar-refractivity contribution in [2.45, 2.75) is 39.7 Å². The van der Waals surface area contributed by atoms with E-state index < -0.39 is 0 Å². The number of nitriles is 1. The minimum Gasteiger partial charge on any atom is -0.376 e. The van der Waals surface area contributed by atoms with Gasteiger partial charge < -0.3 is 4.74 Å². The molecule has 0 rings (SSSR count). The van der Waals surface area contributed by atoms with Crippen molar-refractivity contribution in [1.82, 2.24) is 0 Å². The van der Waals surface area contributed by atoms with Crippen molar-refractivity contribution in [3.63, 3.8) is 0 Å². The van der Waals surface area contributed by atoms with Crippen molar-refractivity contribution in [3.05, 3.63) is 12.7 Å². The summed E-state index contributed by atoms with van der Waals surface area (Å²) in [6, 6.07) is 2.19. The lowest BCUT2D eigenvalue weighted by molar-refractivity contribution is -0.0269. The van der Waals surface area contributed by atoms with Crippen LogP contribution in [0.5, 0.6) is 0 Å². The highest BCUT2D eigenvalue weighted by atomic mass is 16.5. The smallest absolute Gasteiger partial charge is 0.0625 e. The van der Waals surface area contributed by atoms with Gasteiger partial charge in [0.05, 0.1) is 18.3 Å². The third-order valence-corrected chi connectivity index (χ3v) is 2.20. The molecule has 2 nitrogen and oxygen atoms in total. The Morgan fingerprint density at radius 1 is 1.50 bits per heavy atom. The molecule has 2 atom stereocenters. The van der Waals surface area contributed by atoms with Crippen LogP contribution in [0.3, 0.4) is 0 Å². The number of hydrogen-bond acceptors (Lipinski definition) is 2. The lowest BCUT2D eigenvalue weighted by atomic mass is 9.92. The second-order valence-electron chi connectivity index (χ2n) is 4.64. The Hall–Kier alpha value is -0.810. The van der Waals surface area contributed by atoms with E-state index >= 15 is 0 Å². The van der Waals surface area contributed by atoms with E-state index in [9.17, 15) is 0 Å². The molecule has 0 saturated carbocycles. The monoisotopic (exact) mass is 195 g/mol. The first-order valence-electron chi connectivity index (χ1n) is 5.04. The SMILES string of the molecule is C=C[C@@H](C)[C@@H](CC#N)COC(C)(C)C. The fourth-order valence-corrected chi connectivity index (χ4v) is 1.06. The van der Waals surface area contributed by atoms with Crippen LogP contribution >= 0.6 is 0 Å². The molecule has 0 heterocycles. The van der Waals surface area contributed by atoms with Gasteiger partial charge >= 0.3 is 0 Å². The summed E-state index contributed by atoms with van der Waals surface area (Å²) < 4.78 is 5.67. The highest BCUT2D eigenvalue weighted by Gasteiger charge is 2.18. The standard InChI is InChI=1S/C12H21NO/c1-6-10(2)11(7-8-13)9-14-12(3,4)5/h6,10-11H,1,7,9H2,2-5H3/t10-,11+/m1/s1. The number of hydrogen-bond donors (Lipinski definition) is 0. The average molecular weight is 195 g/mol. The van der Waals surface area contributed by atoms with Crippen LogP contribution in [-0.4, -0.2) is 12.2 Å². The average Bonchev–Trinajstić information content (AvgIpc) is 2.09. The first kappa shape index (κ1) is 13.2. The van der Waals surface area contributed by atoms with Gasteiger partial charge in [0.25, 0.3) is 0 Å². The predicted molar refractivity (Wildman–Crippen MR) is 58.8 cm³/mol. The molecule has 2 heteroatoms. The molecular weight excluding hydrogens is 174 g/mol. The molecule has 14 heavy (non-hydrogen) atoms. The summed E-state index contributed by atoms with van der Waals surface area (Å²) in [5.41, 5.74) is -0.130. The summed E-state index contributed by atoms with van der Waals surface area (Å²) in [5.74, 6) is 0.591. The number of allylic oxidation sites excluding steroid dienone is 1. The lowest BCUT2D eigenvalue weighted by Gasteiger charge is -2.25. The zero-order valence-electron chi connectivity index (χ0n) is 9.71. The quantitative estimate of drug-likeness (QED) is 0.631. The Kier molecular flexibility index (Phi) is 5.49. The Labute approximate surface area is 87.6 Å². The van der Waals surface area contributed by atoms with Crippen molar-refractivity contribution in [3.8, 4) is 6.07 Å². The van der Waals surface area contributed by atoms with Crippen molar-refractivity contribution in [1.29, 1.82) is 5.26 Å². The molecule has 0 aliphatic heterocycles. The third-order valence-electron chi connectivity index (χ3n) is 2.20. The van der Waals surface area contributed by atoms with Gasteiger partial charge in [-0.1, -0.05) is 13.0 Å². The van der Waals surface area contributed by atoms with Crippen LogP contribution in [0.2, 0.25) is 0 Å². The van der Waals surface area contributed by atoms with Crippen molar-refractivity contribution >= 4 is 0 Å². The largest absolute Gasteiger partial charge is 0.376 e. The van der Waals surface area contributed by atoms with Gasteiger partial charge in [0.15, 0.2) is 0 Å². The summed E-state index contributed by atoms with van der Waals surface area (Å²) in [6.45, 7) is 12.5. The second-order valence-corrected chi connectivity index (χ2v) is 4.64. The van der Waals surface area contributed by atoms with E-state index in [0.717, 1.165) is 0 Å². The van der Waals surface area contributed by atoms with Crippen LogP contribution in [-0.2, 0) is 4.74 Å². The van der Waals surface area contributed by atoms with Crippen molar-refractivity contribution < 1.29 is 4.74 Å². The molecule has 80 valence electrons. The number of nitrogens with zero attached hydrogens (tertiary/aromatic N) is 1. The van der Waals surface area contributed by atoms with Gasteiger partial charge in [-0.2, -0.15) is 5.26 Å². The Morgan fingerprint density at radius 3 is 2.43 bits per heavy atom.